The van der Waals surface area contributed by atoms with Gasteiger partial charge in [0.15, 0.2) is 0 Å². The third-order valence-corrected chi connectivity index (χ3v) is 7.10. The normalized spacial score (nSPS) is 20.9. The third kappa shape index (κ3) is 6.49. The molecule has 0 saturated carbocycles. The Morgan fingerprint density at radius 2 is 2.12 bits per heavy atom. The lowest BCUT2D eigenvalue weighted by molar-refractivity contribution is -0.122. The molecule has 172 valence electrons. The Labute approximate surface area is 192 Å². The average Bonchev–Trinajstić information content (AvgIpc) is 3.43. The molecule has 1 aromatic carbocycles. The van der Waals surface area contributed by atoms with E-state index in [1.807, 2.05) is 24.3 Å². The van der Waals surface area contributed by atoms with E-state index in [0.29, 0.717) is 44.4 Å². The highest BCUT2D eigenvalue weighted by atomic mass is 32.2. The topological polar surface area (TPSA) is 99.5 Å². The molecule has 0 aliphatic carbocycles. The van der Waals surface area contributed by atoms with Crippen molar-refractivity contribution in [2.75, 3.05) is 39.3 Å². The Hall–Kier alpha value is -2.52. The molecule has 4 rings (SSSR count). The largest absolute Gasteiger partial charge is 0.360 e. The second-order valence-corrected chi connectivity index (χ2v) is 9.43. The molecule has 2 fully saturated rings. The highest BCUT2D eigenvalue weighted by Gasteiger charge is 2.28. The summed E-state index contributed by atoms with van der Waals surface area (Å²) in [5, 5.41) is 13.5. The van der Waals surface area contributed by atoms with Crippen molar-refractivity contribution < 1.29 is 14.1 Å². The van der Waals surface area contributed by atoms with Crippen LogP contribution in [0.4, 0.5) is 4.79 Å². The Balaban J connectivity index is 1.23. The zero-order valence-electron chi connectivity index (χ0n) is 18.2. The molecule has 3 amide bonds. The number of hydrogen-bond acceptors (Lipinski definition) is 6. The Bertz CT molecular complexity index is 891. The molecule has 32 heavy (non-hydrogen) atoms. The van der Waals surface area contributed by atoms with Gasteiger partial charge >= 0.3 is 6.03 Å². The van der Waals surface area contributed by atoms with Gasteiger partial charge in [0.2, 0.25) is 5.91 Å². The van der Waals surface area contributed by atoms with Gasteiger partial charge in [-0.25, -0.2) is 4.79 Å². The summed E-state index contributed by atoms with van der Waals surface area (Å²) in [7, 11) is 0. The molecule has 0 radical (unpaired) electrons. The molecule has 2 saturated heterocycles. The predicted octanol–water partition coefficient (Wildman–Crippen LogP) is 2.27. The molecule has 8 nitrogen and oxygen atoms in total. The number of nitrogens with one attached hydrogen (secondary N) is 3. The van der Waals surface area contributed by atoms with Crippen LogP contribution in [0.2, 0.25) is 0 Å². The first-order chi connectivity index (χ1) is 15.7. The fourth-order valence-corrected chi connectivity index (χ4v) is 5.10. The minimum atomic E-state index is -0.0492. The first-order valence-corrected chi connectivity index (χ1v) is 12.3. The van der Waals surface area contributed by atoms with Crippen LogP contribution in [-0.4, -0.2) is 61.3 Å². The molecule has 2 aliphatic heterocycles. The Morgan fingerprint density at radius 1 is 1.25 bits per heavy atom. The lowest BCUT2D eigenvalue weighted by Gasteiger charge is -2.31. The van der Waals surface area contributed by atoms with Gasteiger partial charge in [-0.05, 0) is 49.9 Å². The number of aromatic nitrogens is 1. The van der Waals surface area contributed by atoms with Crippen LogP contribution in [0.3, 0.4) is 0 Å². The molecule has 3 heterocycles. The van der Waals surface area contributed by atoms with Crippen molar-refractivity contribution in [1.29, 1.82) is 0 Å². The summed E-state index contributed by atoms with van der Waals surface area (Å²) in [4.78, 5) is 27.0. The molecule has 3 N–H and O–H groups in total. The number of rotatable bonds is 10. The van der Waals surface area contributed by atoms with Crippen molar-refractivity contribution in [2.45, 2.75) is 29.9 Å². The predicted molar refractivity (Wildman–Crippen MR) is 123 cm³/mol. The first kappa shape index (κ1) is 22.7. The van der Waals surface area contributed by atoms with Gasteiger partial charge in [-0.1, -0.05) is 23.4 Å². The maximum atomic E-state index is 12.5. The quantitative estimate of drug-likeness (QED) is 0.474. The van der Waals surface area contributed by atoms with E-state index < -0.39 is 0 Å². The molecule has 2 aromatic rings. The van der Waals surface area contributed by atoms with Crippen molar-refractivity contribution in [3.8, 4) is 0 Å². The number of carbonyl (C=O) groups is 2. The molecular weight excluding hydrogens is 426 g/mol. The van der Waals surface area contributed by atoms with Crippen molar-refractivity contribution in [3.63, 3.8) is 0 Å². The number of amides is 3. The van der Waals surface area contributed by atoms with Gasteiger partial charge in [-0.15, -0.1) is 11.8 Å². The van der Waals surface area contributed by atoms with Crippen molar-refractivity contribution in [2.24, 2.45) is 11.8 Å². The number of thioether (sulfide) groups is 1. The number of nitrogens with zero attached hydrogens (tertiary/aromatic N) is 2. The molecule has 1 aromatic heterocycles. The van der Waals surface area contributed by atoms with Crippen molar-refractivity contribution >= 4 is 23.7 Å². The van der Waals surface area contributed by atoms with Crippen LogP contribution in [0, 0.1) is 11.8 Å². The fraction of sp³-hybridized carbons (Fsp3) is 0.522. The number of piperidine rings is 1. The molecule has 0 spiro atoms. The van der Waals surface area contributed by atoms with Gasteiger partial charge in [0.05, 0.1) is 11.4 Å². The lowest BCUT2D eigenvalue weighted by atomic mass is 9.81. The van der Waals surface area contributed by atoms with Crippen molar-refractivity contribution in [3.05, 3.63) is 47.9 Å². The van der Waals surface area contributed by atoms with E-state index in [1.165, 1.54) is 4.90 Å². The van der Waals surface area contributed by atoms with Gasteiger partial charge in [0.25, 0.3) is 0 Å². The van der Waals surface area contributed by atoms with E-state index in [4.69, 9.17) is 4.52 Å². The minimum absolute atomic E-state index is 0.0492. The lowest BCUT2D eigenvalue weighted by Crippen LogP contribution is -2.41. The zero-order valence-corrected chi connectivity index (χ0v) is 19.0. The van der Waals surface area contributed by atoms with Gasteiger partial charge in [-0.2, -0.15) is 0 Å². The second kappa shape index (κ2) is 11.4. The smallest absolute Gasteiger partial charge is 0.317 e. The van der Waals surface area contributed by atoms with Crippen LogP contribution in [0.15, 0.2) is 45.8 Å². The van der Waals surface area contributed by atoms with Crippen LogP contribution in [0.25, 0.3) is 0 Å². The van der Waals surface area contributed by atoms with E-state index in [0.717, 1.165) is 43.1 Å². The average molecular weight is 458 g/mol. The van der Waals surface area contributed by atoms with E-state index in [1.54, 1.807) is 16.7 Å². The number of hydrogen-bond donors (Lipinski definition) is 3. The summed E-state index contributed by atoms with van der Waals surface area (Å²) in [6.45, 7) is 4.24. The maximum Gasteiger partial charge on any atom is 0.317 e. The van der Waals surface area contributed by atoms with E-state index >= 15 is 0 Å². The van der Waals surface area contributed by atoms with Gasteiger partial charge in [0, 0.05) is 43.6 Å². The minimum Gasteiger partial charge on any atom is -0.360 e. The highest BCUT2D eigenvalue weighted by molar-refractivity contribution is 7.98. The van der Waals surface area contributed by atoms with Gasteiger partial charge in [-0.3, -0.25) is 4.79 Å². The highest BCUT2D eigenvalue weighted by Crippen LogP contribution is 2.27. The SMILES string of the molecule is O=C(C[C@@H]1CCNC[C@H]1Cc1cc(CSc2ccccc2)on1)NCCN1CCNC1=O. The number of urea groups is 1. The zero-order chi connectivity index (χ0) is 22.2. The van der Waals surface area contributed by atoms with Crippen LogP contribution in [0.5, 0.6) is 0 Å². The molecule has 0 bridgehead atoms. The van der Waals surface area contributed by atoms with Crippen LogP contribution < -0.4 is 16.0 Å². The molecule has 2 atom stereocenters. The maximum absolute atomic E-state index is 12.5. The summed E-state index contributed by atoms with van der Waals surface area (Å²) in [5.74, 6) is 2.34. The Morgan fingerprint density at radius 3 is 2.94 bits per heavy atom. The van der Waals surface area contributed by atoms with E-state index in [2.05, 4.69) is 33.2 Å². The van der Waals surface area contributed by atoms with Crippen molar-refractivity contribution in [1.82, 2.24) is 26.0 Å². The monoisotopic (exact) mass is 457 g/mol. The van der Waals surface area contributed by atoms with Crippen LogP contribution >= 0.6 is 11.8 Å². The van der Waals surface area contributed by atoms with E-state index in [9.17, 15) is 9.59 Å². The Kier molecular flexibility index (Phi) is 8.06. The third-order valence-electron chi connectivity index (χ3n) is 6.07. The summed E-state index contributed by atoms with van der Waals surface area (Å²) < 4.78 is 5.55. The molecular formula is C23H31N5O3S. The second-order valence-electron chi connectivity index (χ2n) is 8.38. The summed E-state index contributed by atoms with van der Waals surface area (Å²) in [6, 6.07) is 12.2. The van der Waals surface area contributed by atoms with Gasteiger partial charge < -0.3 is 25.4 Å². The number of carbonyl (C=O) groups excluding carboxylic acids is 2. The molecule has 9 heteroatoms. The van der Waals surface area contributed by atoms with Gasteiger partial charge in [0.1, 0.15) is 5.76 Å². The standard InChI is InChI=1S/C23H31N5O3S/c29-22(25-8-10-28-11-9-26-23(28)30)13-17-6-7-24-15-18(17)12-19-14-20(31-27-19)16-32-21-4-2-1-3-5-21/h1-5,14,17-18,24H,6-13,15-16H2,(H,25,29)(H,26,30)/t17-,18+/m0/s1. The molecule has 0 unspecified atom stereocenters. The summed E-state index contributed by atoms with van der Waals surface area (Å²) in [6.07, 6.45) is 2.28. The fourth-order valence-electron chi connectivity index (χ4n) is 4.31. The van der Waals surface area contributed by atoms with Crippen LogP contribution in [-0.2, 0) is 17.0 Å². The van der Waals surface area contributed by atoms with Crippen LogP contribution in [0.1, 0.15) is 24.3 Å². The van der Waals surface area contributed by atoms with E-state index in [-0.39, 0.29) is 11.9 Å². The number of benzene rings is 1. The molecule has 2 aliphatic rings. The first-order valence-electron chi connectivity index (χ1n) is 11.3. The summed E-state index contributed by atoms with van der Waals surface area (Å²) >= 11 is 1.73. The summed E-state index contributed by atoms with van der Waals surface area (Å²) in [5.41, 5.74) is 0.952.